The van der Waals surface area contributed by atoms with E-state index in [1.165, 1.54) is 4.88 Å². The van der Waals surface area contributed by atoms with E-state index < -0.39 is 0 Å². The fourth-order valence-electron chi connectivity index (χ4n) is 2.40. The van der Waals surface area contributed by atoms with Gasteiger partial charge in [-0.2, -0.15) is 0 Å². The summed E-state index contributed by atoms with van der Waals surface area (Å²) in [7, 11) is 1.98. The van der Waals surface area contributed by atoms with Crippen molar-refractivity contribution >= 4 is 27.3 Å². The Labute approximate surface area is 131 Å². The number of rotatable bonds is 4. The second-order valence-corrected chi connectivity index (χ2v) is 6.56. The van der Waals surface area contributed by atoms with Gasteiger partial charge < -0.3 is 14.8 Å². The largest absolute Gasteiger partial charge is 0.486 e. The first-order valence-corrected chi connectivity index (χ1v) is 8.24. The van der Waals surface area contributed by atoms with Crippen molar-refractivity contribution in [1.29, 1.82) is 0 Å². The van der Waals surface area contributed by atoms with Crippen LogP contribution in [0.15, 0.2) is 34.1 Å². The van der Waals surface area contributed by atoms with Crippen LogP contribution in [-0.2, 0) is 6.42 Å². The van der Waals surface area contributed by atoms with Gasteiger partial charge in [-0.25, -0.2) is 0 Å². The molecule has 0 saturated carbocycles. The normalized spacial score (nSPS) is 15.1. The van der Waals surface area contributed by atoms with Gasteiger partial charge in [0.25, 0.3) is 0 Å². The Kier molecular flexibility index (Phi) is 4.29. The molecule has 5 heteroatoms. The van der Waals surface area contributed by atoms with E-state index in [0.717, 1.165) is 28.0 Å². The quantitative estimate of drug-likeness (QED) is 0.906. The van der Waals surface area contributed by atoms with Gasteiger partial charge in [-0.1, -0.05) is 12.1 Å². The maximum absolute atomic E-state index is 5.81. The highest BCUT2D eigenvalue weighted by atomic mass is 79.9. The van der Waals surface area contributed by atoms with Gasteiger partial charge in [0, 0.05) is 32.8 Å². The Hall–Kier alpha value is -1.04. The molecule has 2 aromatic rings. The zero-order valence-corrected chi connectivity index (χ0v) is 13.6. The highest BCUT2D eigenvalue weighted by Gasteiger charge is 2.21. The molecule has 1 aromatic carbocycles. The van der Waals surface area contributed by atoms with Crippen molar-refractivity contribution in [3.63, 3.8) is 0 Å². The third-order valence-corrected chi connectivity index (χ3v) is 5.07. The highest BCUT2D eigenvalue weighted by molar-refractivity contribution is 9.10. The molecular formula is C15H16BrNO2S. The van der Waals surface area contributed by atoms with E-state index in [0.29, 0.717) is 13.2 Å². The second kappa shape index (κ2) is 6.16. The number of fused-ring (bicyclic) bond motifs is 1. The van der Waals surface area contributed by atoms with Crippen LogP contribution in [0, 0.1) is 0 Å². The predicted molar refractivity (Wildman–Crippen MR) is 85.0 cm³/mol. The summed E-state index contributed by atoms with van der Waals surface area (Å²) in [4.78, 5) is 1.34. The van der Waals surface area contributed by atoms with Crippen molar-refractivity contribution in [3.05, 3.63) is 44.6 Å². The summed E-state index contributed by atoms with van der Waals surface area (Å²) in [5.41, 5.74) is 1.16. The summed E-state index contributed by atoms with van der Waals surface area (Å²) in [5, 5.41) is 5.50. The van der Waals surface area contributed by atoms with Crippen molar-refractivity contribution in [2.24, 2.45) is 0 Å². The minimum atomic E-state index is 0.220. The summed E-state index contributed by atoms with van der Waals surface area (Å²) in [6, 6.07) is 8.49. The monoisotopic (exact) mass is 353 g/mol. The van der Waals surface area contributed by atoms with Crippen LogP contribution in [0.1, 0.15) is 16.5 Å². The molecule has 0 spiro atoms. The van der Waals surface area contributed by atoms with Gasteiger partial charge >= 0.3 is 0 Å². The van der Waals surface area contributed by atoms with Crippen LogP contribution < -0.4 is 14.8 Å². The Morgan fingerprint density at radius 3 is 2.95 bits per heavy atom. The fourth-order valence-corrected chi connectivity index (χ4v) is 3.90. The van der Waals surface area contributed by atoms with Crippen molar-refractivity contribution in [3.8, 4) is 11.5 Å². The lowest BCUT2D eigenvalue weighted by Crippen LogP contribution is -2.22. The van der Waals surface area contributed by atoms with Gasteiger partial charge in [0.2, 0.25) is 0 Å². The molecule has 0 fully saturated rings. The molecule has 1 unspecified atom stereocenters. The molecule has 0 aliphatic carbocycles. The summed E-state index contributed by atoms with van der Waals surface area (Å²) >= 11 is 5.27. The van der Waals surface area contributed by atoms with Crippen LogP contribution in [0.5, 0.6) is 11.5 Å². The second-order valence-electron chi connectivity index (χ2n) is 4.65. The smallest absolute Gasteiger partial charge is 0.166 e. The van der Waals surface area contributed by atoms with E-state index in [4.69, 9.17) is 9.47 Å². The van der Waals surface area contributed by atoms with Gasteiger partial charge in [0.1, 0.15) is 13.2 Å². The van der Waals surface area contributed by atoms with Crippen LogP contribution in [0.3, 0.4) is 0 Å². The first-order valence-electron chi connectivity index (χ1n) is 6.56. The maximum atomic E-state index is 5.81. The number of hydrogen-bond acceptors (Lipinski definition) is 4. The number of halogens is 1. The van der Waals surface area contributed by atoms with Crippen LogP contribution in [-0.4, -0.2) is 20.3 Å². The lowest BCUT2D eigenvalue weighted by Gasteiger charge is -2.25. The summed E-state index contributed by atoms with van der Waals surface area (Å²) in [6.45, 7) is 1.24. The average Bonchev–Trinajstić information content (AvgIpc) is 2.89. The molecule has 0 saturated heterocycles. The number of nitrogens with one attached hydrogen (secondary N) is 1. The average molecular weight is 354 g/mol. The van der Waals surface area contributed by atoms with Crippen molar-refractivity contribution in [2.45, 2.75) is 12.5 Å². The molecule has 3 rings (SSSR count). The molecular weight excluding hydrogens is 338 g/mol. The highest BCUT2D eigenvalue weighted by Crippen LogP contribution is 2.38. The van der Waals surface area contributed by atoms with Gasteiger partial charge in [-0.3, -0.25) is 0 Å². The zero-order valence-electron chi connectivity index (χ0n) is 11.2. The SMILES string of the molecule is CNC(Cc1cc(Br)cs1)c1cccc2c1OCCO2. The van der Waals surface area contributed by atoms with E-state index in [-0.39, 0.29) is 6.04 Å². The summed E-state index contributed by atoms with van der Waals surface area (Å²) in [6.07, 6.45) is 0.937. The van der Waals surface area contributed by atoms with E-state index in [1.807, 2.05) is 19.2 Å². The van der Waals surface area contributed by atoms with Crippen LogP contribution in [0.4, 0.5) is 0 Å². The molecule has 3 nitrogen and oxygen atoms in total. The molecule has 1 N–H and O–H groups in total. The number of para-hydroxylation sites is 1. The lowest BCUT2D eigenvalue weighted by atomic mass is 10.0. The third kappa shape index (κ3) is 2.85. The lowest BCUT2D eigenvalue weighted by molar-refractivity contribution is 0.168. The number of likely N-dealkylation sites (N-methyl/N-ethyl adjacent to an activating group) is 1. The predicted octanol–water partition coefficient (Wildman–Crippen LogP) is 3.79. The number of benzene rings is 1. The van der Waals surface area contributed by atoms with Gasteiger partial charge in [-0.15, -0.1) is 11.3 Å². The zero-order chi connectivity index (χ0) is 13.9. The molecule has 1 aliphatic heterocycles. The van der Waals surface area contributed by atoms with Crippen LogP contribution in [0.25, 0.3) is 0 Å². The summed E-state index contributed by atoms with van der Waals surface area (Å²) in [5.74, 6) is 1.73. The molecule has 1 aliphatic rings. The molecule has 106 valence electrons. The third-order valence-electron chi connectivity index (χ3n) is 3.35. The fraction of sp³-hybridized carbons (Fsp3) is 0.333. The van der Waals surface area contributed by atoms with E-state index >= 15 is 0 Å². The van der Waals surface area contributed by atoms with Gasteiger partial charge in [0.15, 0.2) is 11.5 Å². The molecule has 0 radical (unpaired) electrons. The Bertz CT molecular complexity index is 599. The van der Waals surface area contributed by atoms with Crippen molar-refractivity contribution in [2.75, 3.05) is 20.3 Å². The topological polar surface area (TPSA) is 30.5 Å². The standard InChI is InChI=1S/C15H16BrNO2S/c1-17-13(8-11-7-10(16)9-20-11)12-3-2-4-14-15(12)19-6-5-18-14/h2-4,7,9,13,17H,5-6,8H2,1H3. The number of hydrogen-bond donors (Lipinski definition) is 1. The van der Waals surface area contributed by atoms with Gasteiger partial charge in [-0.05, 0) is 35.1 Å². The minimum Gasteiger partial charge on any atom is -0.486 e. The number of thiophene rings is 1. The molecule has 0 amide bonds. The summed E-state index contributed by atoms with van der Waals surface area (Å²) < 4.78 is 12.6. The minimum absolute atomic E-state index is 0.220. The van der Waals surface area contributed by atoms with Crippen molar-refractivity contribution < 1.29 is 9.47 Å². The van der Waals surface area contributed by atoms with E-state index in [9.17, 15) is 0 Å². The van der Waals surface area contributed by atoms with Crippen molar-refractivity contribution in [1.82, 2.24) is 5.32 Å². The Morgan fingerprint density at radius 2 is 2.20 bits per heavy atom. The van der Waals surface area contributed by atoms with E-state index in [2.05, 4.69) is 38.8 Å². The molecule has 1 aromatic heterocycles. The van der Waals surface area contributed by atoms with Gasteiger partial charge in [0.05, 0.1) is 0 Å². The van der Waals surface area contributed by atoms with Crippen LogP contribution >= 0.6 is 27.3 Å². The molecule has 20 heavy (non-hydrogen) atoms. The maximum Gasteiger partial charge on any atom is 0.166 e. The van der Waals surface area contributed by atoms with E-state index in [1.54, 1.807) is 11.3 Å². The first-order chi connectivity index (χ1) is 9.78. The first kappa shape index (κ1) is 13.9. The molecule has 0 bridgehead atoms. The number of ether oxygens (including phenoxy) is 2. The molecule has 2 heterocycles. The Morgan fingerprint density at radius 1 is 1.35 bits per heavy atom. The Balaban J connectivity index is 1.89. The molecule has 1 atom stereocenters. The van der Waals surface area contributed by atoms with Crippen LogP contribution in [0.2, 0.25) is 0 Å².